The van der Waals surface area contributed by atoms with E-state index in [-0.39, 0.29) is 11.8 Å². The largest absolute Gasteiger partial charge is 0.457 e. The standard InChI is InChI=1S/C25H26N2O2S/c28-25(26-13-16-27-14-11-18(12-15-27)23-10-5-17-30-23)24-19-6-1-3-8-21(19)29-22-9-4-2-7-20(22)24/h1-10,17-18,24H,11-16H2,(H,26,28). The Labute approximate surface area is 181 Å². The van der Waals surface area contributed by atoms with E-state index in [2.05, 4.69) is 27.7 Å². The highest BCUT2D eigenvalue weighted by Crippen LogP contribution is 2.43. The lowest BCUT2D eigenvalue weighted by molar-refractivity contribution is -0.121. The summed E-state index contributed by atoms with van der Waals surface area (Å²) in [6, 6.07) is 20.1. The minimum absolute atomic E-state index is 0.0478. The summed E-state index contributed by atoms with van der Waals surface area (Å²) >= 11 is 1.87. The van der Waals surface area contributed by atoms with Crippen LogP contribution in [0.2, 0.25) is 0 Å². The van der Waals surface area contributed by atoms with Crippen molar-refractivity contribution in [1.29, 1.82) is 0 Å². The number of rotatable bonds is 5. The van der Waals surface area contributed by atoms with Crippen LogP contribution in [0.5, 0.6) is 11.5 Å². The summed E-state index contributed by atoms with van der Waals surface area (Å²) < 4.78 is 6.01. The lowest BCUT2D eigenvalue weighted by Gasteiger charge is -2.32. The van der Waals surface area contributed by atoms with Gasteiger partial charge in [0.25, 0.3) is 0 Å². The summed E-state index contributed by atoms with van der Waals surface area (Å²) in [7, 11) is 0. The maximum absolute atomic E-state index is 13.2. The minimum atomic E-state index is -0.323. The molecule has 30 heavy (non-hydrogen) atoms. The van der Waals surface area contributed by atoms with Crippen LogP contribution in [0.15, 0.2) is 66.0 Å². The maximum atomic E-state index is 13.2. The van der Waals surface area contributed by atoms with Crippen molar-refractivity contribution in [3.8, 4) is 11.5 Å². The number of nitrogens with zero attached hydrogens (tertiary/aromatic N) is 1. The number of likely N-dealkylation sites (tertiary alicyclic amines) is 1. The Morgan fingerprint density at radius 1 is 0.967 bits per heavy atom. The van der Waals surface area contributed by atoms with Crippen molar-refractivity contribution in [2.24, 2.45) is 0 Å². The molecule has 1 saturated heterocycles. The van der Waals surface area contributed by atoms with Crippen LogP contribution in [0.4, 0.5) is 0 Å². The third-order valence-electron chi connectivity index (χ3n) is 6.20. The first-order valence-electron chi connectivity index (χ1n) is 10.7. The SMILES string of the molecule is O=C(NCCN1CCC(c2cccs2)CC1)C1c2ccccc2Oc2ccccc21. The van der Waals surface area contributed by atoms with E-state index in [1.807, 2.05) is 59.9 Å². The lowest BCUT2D eigenvalue weighted by atomic mass is 9.87. The number of piperidine rings is 1. The first kappa shape index (κ1) is 19.3. The number of carbonyl (C=O) groups excluding carboxylic acids is 1. The van der Waals surface area contributed by atoms with Gasteiger partial charge in [-0.1, -0.05) is 42.5 Å². The predicted octanol–water partition coefficient (Wildman–Crippen LogP) is 4.98. The van der Waals surface area contributed by atoms with Gasteiger partial charge in [0.15, 0.2) is 0 Å². The van der Waals surface area contributed by atoms with E-state index in [0.717, 1.165) is 42.3 Å². The summed E-state index contributed by atoms with van der Waals surface area (Å²) in [6.45, 7) is 3.77. The Morgan fingerprint density at radius 2 is 1.63 bits per heavy atom. The van der Waals surface area contributed by atoms with Crippen molar-refractivity contribution < 1.29 is 9.53 Å². The molecule has 154 valence electrons. The van der Waals surface area contributed by atoms with Gasteiger partial charge in [0.05, 0.1) is 5.92 Å². The zero-order valence-electron chi connectivity index (χ0n) is 16.9. The second-order valence-electron chi connectivity index (χ2n) is 8.03. The second-order valence-corrected chi connectivity index (χ2v) is 9.01. The molecule has 0 radical (unpaired) electrons. The van der Waals surface area contributed by atoms with Crippen LogP contribution in [0, 0.1) is 0 Å². The van der Waals surface area contributed by atoms with Crippen LogP contribution >= 0.6 is 11.3 Å². The minimum Gasteiger partial charge on any atom is -0.457 e. The average Bonchev–Trinajstić information content (AvgIpc) is 3.33. The van der Waals surface area contributed by atoms with Gasteiger partial charge in [0.1, 0.15) is 11.5 Å². The van der Waals surface area contributed by atoms with Crippen molar-refractivity contribution in [1.82, 2.24) is 10.2 Å². The van der Waals surface area contributed by atoms with Crippen LogP contribution < -0.4 is 10.1 Å². The molecule has 1 aromatic heterocycles. The molecule has 3 heterocycles. The zero-order valence-corrected chi connectivity index (χ0v) is 17.7. The van der Waals surface area contributed by atoms with Crippen LogP contribution in [-0.2, 0) is 4.79 Å². The van der Waals surface area contributed by atoms with Gasteiger partial charge in [0.2, 0.25) is 5.91 Å². The number of nitrogens with one attached hydrogen (secondary N) is 1. The van der Waals surface area contributed by atoms with E-state index in [0.29, 0.717) is 12.5 Å². The molecule has 3 aromatic rings. The van der Waals surface area contributed by atoms with Gasteiger partial charge in [-0.25, -0.2) is 0 Å². The van der Waals surface area contributed by atoms with Gasteiger partial charge in [-0.05, 0) is 55.4 Å². The molecule has 1 amide bonds. The highest BCUT2D eigenvalue weighted by molar-refractivity contribution is 7.10. The number of ether oxygens (including phenoxy) is 1. The maximum Gasteiger partial charge on any atom is 0.232 e. The van der Waals surface area contributed by atoms with Crippen LogP contribution in [0.25, 0.3) is 0 Å². The van der Waals surface area contributed by atoms with Crippen LogP contribution in [0.3, 0.4) is 0 Å². The van der Waals surface area contributed by atoms with E-state index in [4.69, 9.17) is 4.74 Å². The van der Waals surface area contributed by atoms with Crippen molar-refractivity contribution >= 4 is 17.2 Å². The normalized spacial score (nSPS) is 17.1. The van der Waals surface area contributed by atoms with E-state index in [9.17, 15) is 4.79 Å². The summed E-state index contributed by atoms with van der Waals surface area (Å²) in [5, 5.41) is 5.36. The van der Waals surface area contributed by atoms with Crippen molar-refractivity contribution in [2.75, 3.05) is 26.2 Å². The molecule has 0 unspecified atom stereocenters. The fraction of sp³-hybridized carbons (Fsp3) is 0.320. The fourth-order valence-electron chi connectivity index (χ4n) is 4.60. The van der Waals surface area contributed by atoms with Gasteiger partial charge < -0.3 is 15.0 Å². The van der Waals surface area contributed by atoms with Gasteiger partial charge in [-0.3, -0.25) is 4.79 Å². The molecule has 5 rings (SSSR count). The van der Waals surface area contributed by atoms with Crippen molar-refractivity contribution in [3.05, 3.63) is 82.0 Å². The quantitative estimate of drug-likeness (QED) is 0.635. The molecule has 1 fully saturated rings. The van der Waals surface area contributed by atoms with Crippen molar-refractivity contribution in [3.63, 3.8) is 0 Å². The molecule has 0 bridgehead atoms. The molecule has 1 N–H and O–H groups in total. The van der Waals surface area contributed by atoms with Gasteiger partial charge >= 0.3 is 0 Å². The summed E-state index contributed by atoms with van der Waals surface area (Å²) in [4.78, 5) is 17.2. The monoisotopic (exact) mass is 418 g/mol. The molecule has 0 saturated carbocycles. The number of amides is 1. The van der Waals surface area contributed by atoms with E-state index in [1.165, 1.54) is 17.7 Å². The Hall–Kier alpha value is -2.63. The van der Waals surface area contributed by atoms with Gasteiger partial charge in [0, 0.05) is 29.1 Å². The highest BCUT2D eigenvalue weighted by Gasteiger charge is 2.32. The zero-order chi connectivity index (χ0) is 20.3. The number of para-hydroxylation sites is 2. The van der Waals surface area contributed by atoms with Crippen molar-refractivity contribution in [2.45, 2.75) is 24.7 Å². The number of thiophene rings is 1. The summed E-state index contributed by atoms with van der Waals surface area (Å²) in [6.07, 6.45) is 2.41. The predicted molar refractivity (Wildman–Crippen MR) is 121 cm³/mol. The van der Waals surface area contributed by atoms with E-state index >= 15 is 0 Å². The first-order chi connectivity index (χ1) is 14.8. The Bertz CT molecular complexity index is 964. The Kier molecular flexibility index (Phi) is 5.56. The Morgan fingerprint density at radius 3 is 2.27 bits per heavy atom. The van der Waals surface area contributed by atoms with E-state index < -0.39 is 0 Å². The molecule has 2 aliphatic heterocycles. The molecule has 5 heteroatoms. The van der Waals surface area contributed by atoms with Crippen LogP contribution in [-0.4, -0.2) is 37.0 Å². The smallest absolute Gasteiger partial charge is 0.232 e. The fourth-order valence-corrected chi connectivity index (χ4v) is 5.50. The third-order valence-corrected chi connectivity index (χ3v) is 7.24. The second kappa shape index (κ2) is 8.62. The third kappa shape index (κ3) is 3.87. The van der Waals surface area contributed by atoms with E-state index in [1.54, 1.807) is 0 Å². The van der Waals surface area contributed by atoms with Gasteiger partial charge in [-0.15, -0.1) is 11.3 Å². The highest BCUT2D eigenvalue weighted by atomic mass is 32.1. The Balaban J connectivity index is 1.20. The molecule has 0 spiro atoms. The number of benzene rings is 2. The molecule has 2 aromatic carbocycles. The lowest BCUT2D eigenvalue weighted by Crippen LogP contribution is -2.40. The average molecular weight is 419 g/mol. The van der Waals surface area contributed by atoms with Crippen LogP contribution in [0.1, 0.15) is 40.7 Å². The number of hydrogen-bond donors (Lipinski definition) is 1. The summed E-state index contributed by atoms with van der Waals surface area (Å²) in [5.74, 6) is 1.97. The molecule has 2 aliphatic rings. The number of fused-ring (bicyclic) bond motifs is 2. The molecule has 0 atom stereocenters. The first-order valence-corrected chi connectivity index (χ1v) is 11.6. The number of hydrogen-bond acceptors (Lipinski definition) is 4. The number of carbonyl (C=O) groups is 1. The molecular formula is C25H26N2O2S. The molecule has 4 nitrogen and oxygen atoms in total. The molecular weight excluding hydrogens is 392 g/mol. The van der Waals surface area contributed by atoms with Gasteiger partial charge in [-0.2, -0.15) is 0 Å². The summed E-state index contributed by atoms with van der Waals surface area (Å²) in [5.41, 5.74) is 1.87. The molecule has 0 aliphatic carbocycles. The topological polar surface area (TPSA) is 41.6 Å².